The number of fused-ring (bicyclic) bond motifs is 1. The molecule has 35 heavy (non-hydrogen) atoms. The minimum atomic E-state index is -0.681. The molecule has 3 aromatic rings. The molecule has 11 nitrogen and oxygen atoms in total. The van der Waals surface area contributed by atoms with Crippen LogP contribution in [0, 0.1) is 0 Å². The first kappa shape index (κ1) is 26.0. The quantitative estimate of drug-likeness (QED) is 0.352. The summed E-state index contributed by atoms with van der Waals surface area (Å²) in [5, 5.41) is 7.00. The molecule has 3 N–H and O–H groups in total. The van der Waals surface area contributed by atoms with E-state index in [1.807, 2.05) is 12.1 Å². The van der Waals surface area contributed by atoms with Gasteiger partial charge in [0, 0.05) is 25.2 Å². The topological polar surface area (TPSA) is 133 Å². The van der Waals surface area contributed by atoms with Gasteiger partial charge in [-0.2, -0.15) is 5.10 Å². The molecule has 0 spiro atoms. The lowest BCUT2D eigenvalue weighted by Crippen LogP contribution is -2.34. The van der Waals surface area contributed by atoms with Crippen molar-refractivity contribution in [2.45, 2.75) is 33.0 Å². The Kier molecular flexibility index (Phi) is 8.03. The molecule has 2 aromatic heterocycles. The Morgan fingerprint density at radius 1 is 1.29 bits per heavy atom. The third kappa shape index (κ3) is 6.31. The summed E-state index contributed by atoms with van der Waals surface area (Å²) in [5.74, 6) is 0.150. The summed E-state index contributed by atoms with van der Waals surface area (Å²) in [7, 11) is 3.08. The van der Waals surface area contributed by atoms with E-state index in [1.165, 1.54) is 28.7 Å². The zero-order valence-electron chi connectivity index (χ0n) is 20.3. The Bertz CT molecular complexity index is 1220. The number of nitrogens with zero attached hydrogens (tertiary/aromatic N) is 4. The lowest BCUT2D eigenvalue weighted by molar-refractivity contribution is 0.0589. The van der Waals surface area contributed by atoms with Crippen LogP contribution in [0.4, 0.5) is 16.2 Å². The molecule has 12 heteroatoms. The number of halogens is 1. The SMILES string of the molecule is COc1cccc(COCCNC(=O)c2cnc3c(N(C)C(=O)OC(C)(C)C)cc(Cl)nn23)c1N. The van der Waals surface area contributed by atoms with E-state index in [-0.39, 0.29) is 36.3 Å². The highest BCUT2D eigenvalue weighted by atomic mass is 35.5. The fourth-order valence-corrected chi connectivity index (χ4v) is 3.34. The number of imidazole rings is 1. The predicted octanol–water partition coefficient (Wildman–Crippen LogP) is 3.29. The number of nitrogen functional groups attached to an aromatic ring is 1. The maximum atomic E-state index is 12.8. The standard InChI is InChI=1S/C23H29ClN6O5/c1-23(2,3)35-22(32)29(4)15-11-18(24)28-30-16(12-27-20(15)30)21(31)26-9-10-34-13-14-7-6-8-17(33-5)19(14)25/h6-8,11-12H,9-10,13,25H2,1-5H3,(H,26,31). The minimum Gasteiger partial charge on any atom is -0.495 e. The first-order valence-electron chi connectivity index (χ1n) is 10.8. The van der Waals surface area contributed by atoms with Gasteiger partial charge >= 0.3 is 6.09 Å². The minimum absolute atomic E-state index is 0.0779. The lowest BCUT2D eigenvalue weighted by Gasteiger charge is -2.24. The molecule has 3 rings (SSSR count). The maximum absolute atomic E-state index is 12.8. The number of amides is 2. The molecule has 0 radical (unpaired) electrons. The second-order valence-corrected chi connectivity index (χ2v) is 9.00. The molecule has 0 unspecified atom stereocenters. The summed E-state index contributed by atoms with van der Waals surface area (Å²) in [5.41, 5.74) is 7.43. The van der Waals surface area contributed by atoms with E-state index < -0.39 is 17.6 Å². The van der Waals surface area contributed by atoms with Crippen LogP contribution in [0.1, 0.15) is 36.8 Å². The number of anilines is 2. The molecular formula is C23H29ClN6O5. The van der Waals surface area contributed by atoms with Crippen LogP contribution < -0.4 is 20.7 Å². The van der Waals surface area contributed by atoms with Crippen molar-refractivity contribution in [3.05, 3.63) is 46.9 Å². The van der Waals surface area contributed by atoms with E-state index in [4.69, 9.17) is 31.5 Å². The summed E-state index contributed by atoms with van der Waals surface area (Å²) < 4.78 is 17.5. The largest absolute Gasteiger partial charge is 0.495 e. The van der Waals surface area contributed by atoms with Crippen LogP contribution in [0.15, 0.2) is 30.5 Å². The molecule has 2 amide bonds. The van der Waals surface area contributed by atoms with Crippen molar-refractivity contribution in [3.63, 3.8) is 0 Å². The van der Waals surface area contributed by atoms with Crippen LogP contribution in [0.25, 0.3) is 5.65 Å². The summed E-state index contributed by atoms with van der Waals surface area (Å²) in [6.07, 6.45) is 0.766. The molecule has 0 fully saturated rings. The lowest BCUT2D eigenvalue weighted by atomic mass is 10.2. The van der Waals surface area contributed by atoms with E-state index in [0.717, 1.165) is 5.56 Å². The summed E-state index contributed by atoms with van der Waals surface area (Å²) >= 11 is 6.17. The van der Waals surface area contributed by atoms with Gasteiger partial charge in [-0.15, -0.1) is 0 Å². The molecule has 0 aliphatic heterocycles. The Morgan fingerprint density at radius 2 is 2.03 bits per heavy atom. The van der Waals surface area contributed by atoms with E-state index >= 15 is 0 Å². The van der Waals surface area contributed by atoms with E-state index in [1.54, 1.807) is 33.9 Å². The number of hydrogen-bond donors (Lipinski definition) is 2. The molecule has 2 heterocycles. The molecule has 0 aliphatic rings. The van der Waals surface area contributed by atoms with Crippen molar-refractivity contribution in [1.82, 2.24) is 19.9 Å². The van der Waals surface area contributed by atoms with Gasteiger partial charge in [0.15, 0.2) is 16.5 Å². The normalized spacial score (nSPS) is 11.4. The number of nitrogens with one attached hydrogen (secondary N) is 1. The number of ether oxygens (including phenoxy) is 3. The number of carbonyl (C=O) groups excluding carboxylic acids is 2. The number of nitrogens with two attached hydrogens (primary N) is 1. The van der Waals surface area contributed by atoms with Gasteiger partial charge in [-0.05, 0) is 26.8 Å². The highest BCUT2D eigenvalue weighted by Gasteiger charge is 2.25. The first-order chi connectivity index (χ1) is 16.5. The molecule has 188 valence electrons. The Hall–Kier alpha value is -3.57. The van der Waals surface area contributed by atoms with Crippen molar-refractivity contribution in [3.8, 4) is 5.75 Å². The number of methoxy groups -OCH3 is 1. The Morgan fingerprint density at radius 3 is 2.71 bits per heavy atom. The van der Waals surface area contributed by atoms with Gasteiger partial charge in [-0.3, -0.25) is 9.69 Å². The van der Waals surface area contributed by atoms with Crippen molar-refractivity contribution < 1.29 is 23.8 Å². The number of rotatable bonds is 8. The molecule has 0 aliphatic carbocycles. The Balaban J connectivity index is 1.65. The average Bonchev–Trinajstić information content (AvgIpc) is 3.21. The van der Waals surface area contributed by atoms with Crippen LogP contribution in [0.5, 0.6) is 5.75 Å². The molecule has 1 aromatic carbocycles. The van der Waals surface area contributed by atoms with Crippen molar-refractivity contribution >= 4 is 40.6 Å². The Labute approximate surface area is 208 Å². The number of hydrogen-bond acceptors (Lipinski definition) is 8. The van der Waals surface area contributed by atoms with Crippen molar-refractivity contribution in [2.24, 2.45) is 0 Å². The van der Waals surface area contributed by atoms with Crippen molar-refractivity contribution in [1.29, 1.82) is 0 Å². The summed E-state index contributed by atoms with van der Waals surface area (Å²) in [6.45, 7) is 6.05. The van der Waals surface area contributed by atoms with Gasteiger partial charge in [0.2, 0.25) is 0 Å². The molecule has 0 saturated carbocycles. The van der Waals surface area contributed by atoms with Gasteiger partial charge in [0.1, 0.15) is 11.4 Å². The highest BCUT2D eigenvalue weighted by Crippen LogP contribution is 2.26. The summed E-state index contributed by atoms with van der Waals surface area (Å²) in [6, 6.07) is 6.92. The number of benzene rings is 1. The van der Waals surface area contributed by atoms with Crippen LogP contribution in [0.2, 0.25) is 5.15 Å². The second-order valence-electron chi connectivity index (χ2n) is 8.61. The molecule has 0 saturated heterocycles. The van der Waals surface area contributed by atoms with Crippen LogP contribution in [-0.4, -0.2) is 59.5 Å². The van der Waals surface area contributed by atoms with Gasteiger partial charge in [-0.25, -0.2) is 14.3 Å². The third-order valence-electron chi connectivity index (χ3n) is 4.85. The zero-order chi connectivity index (χ0) is 25.8. The smallest absolute Gasteiger partial charge is 0.414 e. The molecule has 0 atom stereocenters. The highest BCUT2D eigenvalue weighted by molar-refractivity contribution is 6.29. The summed E-state index contributed by atoms with van der Waals surface area (Å²) in [4.78, 5) is 30.8. The zero-order valence-corrected chi connectivity index (χ0v) is 21.0. The second kappa shape index (κ2) is 10.8. The van der Waals surface area contributed by atoms with Crippen molar-refractivity contribution in [2.75, 3.05) is 37.9 Å². The van der Waals surface area contributed by atoms with Gasteiger partial charge in [-0.1, -0.05) is 23.7 Å². The van der Waals surface area contributed by atoms with Crippen LogP contribution in [0.3, 0.4) is 0 Å². The van der Waals surface area contributed by atoms with Crippen LogP contribution >= 0.6 is 11.6 Å². The number of aromatic nitrogens is 3. The third-order valence-corrected chi connectivity index (χ3v) is 5.03. The first-order valence-corrected chi connectivity index (χ1v) is 11.2. The fourth-order valence-electron chi connectivity index (χ4n) is 3.16. The maximum Gasteiger partial charge on any atom is 0.414 e. The van der Waals surface area contributed by atoms with E-state index in [2.05, 4.69) is 15.4 Å². The monoisotopic (exact) mass is 504 g/mol. The number of para-hydroxylation sites is 1. The van der Waals surface area contributed by atoms with E-state index in [9.17, 15) is 9.59 Å². The van der Waals surface area contributed by atoms with E-state index in [0.29, 0.717) is 17.1 Å². The fraction of sp³-hybridized carbons (Fsp3) is 0.391. The average molecular weight is 505 g/mol. The molecular weight excluding hydrogens is 476 g/mol. The van der Waals surface area contributed by atoms with Gasteiger partial charge in [0.05, 0.1) is 37.9 Å². The predicted molar refractivity (Wildman–Crippen MR) is 132 cm³/mol. The molecule has 0 bridgehead atoms. The van der Waals surface area contributed by atoms with Crippen LogP contribution in [-0.2, 0) is 16.1 Å². The van der Waals surface area contributed by atoms with Gasteiger partial charge < -0.3 is 25.3 Å². The number of carbonyl (C=O) groups is 2. The van der Waals surface area contributed by atoms with Gasteiger partial charge in [0.25, 0.3) is 5.91 Å².